The van der Waals surface area contributed by atoms with Crippen LogP contribution in [0, 0.1) is 5.92 Å². The van der Waals surface area contributed by atoms with Crippen molar-refractivity contribution in [1.29, 1.82) is 0 Å². The monoisotopic (exact) mass is 258 g/mol. The van der Waals surface area contributed by atoms with Gasteiger partial charge in [0.25, 0.3) is 0 Å². The largest absolute Gasteiger partial charge is 0.506 e. The van der Waals surface area contributed by atoms with Gasteiger partial charge in [-0.1, -0.05) is 24.6 Å². The molecule has 0 saturated heterocycles. The Morgan fingerprint density at radius 3 is 2.65 bits per heavy atom. The Labute approximate surface area is 105 Å². The van der Waals surface area contributed by atoms with Crippen LogP contribution in [0.25, 0.3) is 0 Å². The molecule has 0 fully saturated rings. The molecule has 0 aliphatic heterocycles. The normalized spacial score (nSPS) is 14.1. The number of rotatable bonds is 4. The number of hydrogen-bond acceptors (Lipinski definition) is 4. The Morgan fingerprint density at radius 2 is 2.18 bits per heavy atom. The second-order valence-electron chi connectivity index (χ2n) is 3.69. The van der Waals surface area contributed by atoms with Crippen LogP contribution in [0.2, 0.25) is 5.02 Å². The standard InChI is InChI=1S/C12H15ClO4/c1-3-8(12(16)17-2)11(15)7-4-5-10(14)9(13)6-7/h4-6,8,11,14-15H,3H2,1-2H3. The van der Waals surface area contributed by atoms with Gasteiger partial charge in [0.1, 0.15) is 5.75 Å². The number of ether oxygens (including phenoxy) is 1. The van der Waals surface area contributed by atoms with E-state index in [1.54, 1.807) is 6.92 Å². The lowest BCUT2D eigenvalue weighted by atomic mass is 9.93. The van der Waals surface area contributed by atoms with Gasteiger partial charge in [-0.3, -0.25) is 4.79 Å². The van der Waals surface area contributed by atoms with Crippen LogP contribution in [0.1, 0.15) is 25.0 Å². The minimum atomic E-state index is -0.995. The summed E-state index contributed by atoms with van der Waals surface area (Å²) in [6, 6.07) is 4.34. The molecule has 0 amide bonds. The first-order valence-corrected chi connectivity index (χ1v) is 5.63. The van der Waals surface area contributed by atoms with E-state index in [0.717, 1.165) is 0 Å². The van der Waals surface area contributed by atoms with E-state index in [0.29, 0.717) is 12.0 Å². The van der Waals surface area contributed by atoms with Gasteiger partial charge in [-0.2, -0.15) is 0 Å². The van der Waals surface area contributed by atoms with Gasteiger partial charge in [0, 0.05) is 0 Å². The highest BCUT2D eigenvalue weighted by Gasteiger charge is 2.27. The van der Waals surface area contributed by atoms with Crippen molar-refractivity contribution in [2.24, 2.45) is 5.92 Å². The number of esters is 1. The molecule has 94 valence electrons. The maximum absolute atomic E-state index is 11.4. The van der Waals surface area contributed by atoms with Gasteiger partial charge < -0.3 is 14.9 Å². The molecule has 0 heterocycles. The van der Waals surface area contributed by atoms with E-state index in [1.165, 1.54) is 25.3 Å². The Balaban J connectivity index is 2.97. The van der Waals surface area contributed by atoms with Crippen molar-refractivity contribution in [3.05, 3.63) is 28.8 Å². The molecule has 0 bridgehead atoms. The smallest absolute Gasteiger partial charge is 0.311 e. The first-order chi connectivity index (χ1) is 8.01. The van der Waals surface area contributed by atoms with Crippen LogP contribution in [-0.4, -0.2) is 23.3 Å². The Kier molecular flexibility index (Phi) is 4.78. The Morgan fingerprint density at radius 1 is 1.53 bits per heavy atom. The molecule has 1 aromatic carbocycles. The van der Waals surface area contributed by atoms with E-state index < -0.39 is 18.0 Å². The number of halogens is 1. The van der Waals surface area contributed by atoms with Crippen LogP contribution in [-0.2, 0) is 9.53 Å². The number of methoxy groups -OCH3 is 1. The number of aliphatic hydroxyl groups excluding tert-OH is 1. The molecular weight excluding hydrogens is 244 g/mol. The zero-order valence-corrected chi connectivity index (χ0v) is 10.4. The molecule has 0 saturated carbocycles. The zero-order valence-electron chi connectivity index (χ0n) is 9.68. The fourth-order valence-electron chi connectivity index (χ4n) is 1.61. The van der Waals surface area contributed by atoms with E-state index in [-0.39, 0.29) is 10.8 Å². The quantitative estimate of drug-likeness (QED) is 0.813. The lowest BCUT2D eigenvalue weighted by molar-refractivity contribution is -0.149. The molecule has 0 aromatic heterocycles. The molecule has 4 nitrogen and oxygen atoms in total. The summed E-state index contributed by atoms with van der Waals surface area (Å²) in [7, 11) is 1.28. The van der Waals surface area contributed by atoms with Crippen LogP contribution in [0.15, 0.2) is 18.2 Å². The van der Waals surface area contributed by atoms with Gasteiger partial charge in [-0.25, -0.2) is 0 Å². The van der Waals surface area contributed by atoms with Crippen molar-refractivity contribution in [1.82, 2.24) is 0 Å². The molecular formula is C12H15ClO4. The Hall–Kier alpha value is -1.26. The van der Waals surface area contributed by atoms with Crippen molar-refractivity contribution < 1.29 is 19.7 Å². The highest BCUT2D eigenvalue weighted by atomic mass is 35.5. The fraction of sp³-hybridized carbons (Fsp3) is 0.417. The molecule has 2 N–H and O–H groups in total. The SMILES string of the molecule is CCC(C(=O)OC)C(O)c1ccc(O)c(Cl)c1. The summed E-state index contributed by atoms with van der Waals surface area (Å²) >= 11 is 5.74. The highest BCUT2D eigenvalue weighted by molar-refractivity contribution is 6.32. The second-order valence-corrected chi connectivity index (χ2v) is 4.10. The summed E-state index contributed by atoms with van der Waals surface area (Å²) in [4.78, 5) is 11.4. The molecule has 0 spiro atoms. The molecule has 1 aromatic rings. The minimum Gasteiger partial charge on any atom is -0.506 e. The maximum Gasteiger partial charge on any atom is 0.311 e. The van der Waals surface area contributed by atoms with Crippen molar-refractivity contribution in [2.45, 2.75) is 19.4 Å². The molecule has 0 radical (unpaired) electrons. The second kappa shape index (κ2) is 5.89. The molecule has 2 unspecified atom stereocenters. The lowest BCUT2D eigenvalue weighted by Gasteiger charge is -2.19. The summed E-state index contributed by atoms with van der Waals surface area (Å²) in [6.45, 7) is 1.78. The summed E-state index contributed by atoms with van der Waals surface area (Å²) in [6.07, 6.45) is -0.544. The predicted molar refractivity (Wildman–Crippen MR) is 63.9 cm³/mol. The van der Waals surface area contributed by atoms with Crippen LogP contribution < -0.4 is 0 Å². The molecule has 5 heteroatoms. The zero-order chi connectivity index (χ0) is 13.0. The number of carbonyl (C=O) groups excluding carboxylic acids is 1. The van der Waals surface area contributed by atoms with Gasteiger partial charge in [0.15, 0.2) is 0 Å². The van der Waals surface area contributed by atoms with Crippen LogP contribution in [0.4, 0.5) is 0 Å². The highest BCUT2D eigenvalue weighted by Crippen LogP contribution is 2.31. The third-order valence-electron chi connectivity index (χ3n) is 2.64. The third kappa shape index (κ3) is 3.11. The summed E-state index contributed by atoms with van der Waals surface area (Å²) < 4.78 is 4.62. The van der Waals surface area contributed by atoms with E-state index in [4.69, 9.17) is 11.6 Å². The first-order valence-electron chi connectivity index (χ1n) is 5.25. The number of phenols is 1. The molecule has 1 rings (SSSR count). The van der Waals surface area contributed by atoms with Crippen LogP contribution in [0.5, 0.6) is 5.75 Å². The summed E-state index contributed by atoms with van der Waals surface area (Å²) in [5, 5.41) is 19.5. The van der Waals surface area contributed by atoms with Gasteiger partial charge in [-0.15, -0.1) is 0 Å². The van der Waals surface area contributed by atoms with Crippen LogP contribution >= 0.6 is 11.6 Å². The average molecular weight is 259 g/mol. The predicted octanol–water partition coefficient (Wildman–Crippen LogP) is 2.28. The van der Waals surface area contributed by atoms with Crippen molar-refractivity contribution >= 4 is 17.6 Å². The lowest BCUT2D eigenvalue weighted by Crippen LogP contribution is -2.22. The molecule has 0 aliphatic carbocycles. The maximum atomic E-state index is 11.4. The number of carbonyl (C=O) groups is 1. The number of hydrogen-bond donors (Lipinski definition) is 2. The van der Waals surface area contributed by atoms with Crippen LogP contribution in [0.3, 0.4) is 0 Å². The fourth-order valence-corrected chi connectivity index (χ4v) is 1.80. The molecule has 17 heavy (non-hydrogen) atoms. The van der Waals surface area contributed by atoms with Crippen molar-refractivity contribution in [3.63, 3.8) is 0 Å². The van der Waals surface area contributed by atoms with E-state index in [2.05, 4.69) is 4.74 Å². The topological polar surface area (TPSA) is 66.8 Å². The number of phenolic OH excluding ortho intramolecular Hbond substituents is 1. The number of benzene rings is 1. The Bertz CT molecular complexity index is 405. The average Bonchev–Trinajstić information content (AvgIpc) is 2.33. The van der Waals surface area contributed by atoms with Gasteiger partial charge in [0.05, 0.1) is 24.2 Å². The molecule has 0 aliphatic rings. The number of aromatic hydroxyl groups is 1. The van der Waals surface area contributed by atoms with E-state index in [1.807, 2.05) is 0 Å². The van der Waals surface area contributed by atoms with E-state index in [9.17, 15) is 15.0 Å². The summed E-state index contributed by atoms with van der Waals surface area (Å²) in [5.41, 5.74) is 0.477. The number of aliphatic hydroxyl groups is 1. The van der Waals surface area contributed by atoms with E-state index >= 15 is 0 Å². The van der Waals surface area contributed by atoms with Gasteiger partial charge >= 0.3 is 5.97 Å². The van der Waals surface area contributed by atoms with Crippen molar-refractivity contribution in [2.75, 3.05) is 7.11 Å². The summed E-state index contributed by atoms with van der Waals surface area (Å²) in [5.74, 6) is -1.17. The van der Waals surface area contributed by atoms with Crippen molar-refractivity contribution in [3.8, 4) is 5.75 Å². The first kappa shape index (κ1) is 13.8. The third-order valence-corrected chi connectivity index (χ3v) is 2.94. The van der Waals surface area contributed by atoms with Gasteiger partial charge in [-0.05, 0) is 24.1 Å². The minimum absolute atomic E-state index is 0.0614. The van der Waals surface area contributed by atoms with Gasteiger partial charge in [0.2, 0.25) is 0 Å². The molecule has 2 atom stereocenters.